The standard InChI is InChI=1S/C25H21ClN2O3/c26-18-7-6-17-8-13-28-23(20(17)14-18)22(24(30)27-11-9-19(29)10-12-27)15-21(25(28)31)16-4-2-1-3-5-16/h1-7,14-15H,8-13H2. The van der Waals surface area contributed by atoms with E-state index in [0.717, 1.165) is 16.7 Å². The molecule has 3 aromatic rings. The zero-order valence-corrected chi connectivity index (χ0v) is 17.7. The van der Waals surface area contributed by atoms with Gasteiger partial charge in [-0.3, -0.25) is 14.4 Å². The van der Waals surface area contributed by atoms with Gasteiger partial charge in [0, 0.05) is 48.6 Å². The molecule has 1 fully saturated rings. The highest BCUT2D eigenvalue weighted by Crippen LogP contribution is 2.35. The van der Waals surface area contributed by atoms with Crippen LogP contribution in [0.1, 0.15) is 28.8 Å². The number of rotatable bonds is 2. The fourth-order valence-electron chi connectivity index (χ4n) is 4.51. The molecule has 3 heterocycles. The van der Waals surface area contributed by atoms with E-state index in [1.165, 1.54) is 0 Å². The van der Waals surface area contributed by atoms with E-state index in [0.29, 0.717) is 60.7 Å². The maximum atomic E-state index is 13.6. The number of piperidine rings is 1. The number of benzene rings is 2. The third kappa shape index (κ3) is 3.49. The van der Waals surface area contributed by atoms with Crippen molar-refractivity contribution in [2.75, 3.05) is 13.1 Å². The average molecular weight is 433 g/mol. The lowest BCUT2D eigenvalue weighted by Gasteiger charge is -2.30. The first-order chi connectivity index (χ1) is 15.0. The van der Waals surface area contributed by atoms with E-state index in [1.54, 1.807) is 15.5 Å². The highest BCUT2D eigenvalue weighted by Gasteiger charge is 2.30. The molecule has 0 saturated carbocycles. The number of pyridine rings is 1. The summed E-state index contributed by atoms with van der Waals surface area (Å²) in [5.74, 6) is 0.0266. The Morgan fingerprint density at radius 2 is 1.58 bits per heavy atom. The third-order valence-electron chi connectivity index (χ3n) is 6.14. The summed E-state index contributed by atoms with van der Waals surface area (Å²) in [6.45, 7) is 1.31. The van der Waals surface area contributed by atoms with Crippen molar-refractivity contribution in [1.82, 2.24) is 9.47 Å². The zero-order chi connectivity index (χ0) is 21.5. The molecule has 6 heteroatoms. The first-order valence-corrected chi connectivity index (χ1v) is 10.8. The van der Waals surface area contributed by atoms with Crippen molar-refractivity contribution < 1.29 is 9.59 Å². The first-order valence-electron chi connectivity index (χ1n) is 10.5. The number of aryl methyl sites for hydroxylation is 1. The first kappa shape index (κ1) is 19.8. The molecule has 2 aromatic carbocycles. The molecule has 0 unspecified atom stereocenters. The van der Waals surface area contributed by atoms with Gasteiger partial charge >= 0.3 is 0 Å². The number of likely N-dealkylation sites (tertiary alicyclic amines) is 1. The number of carbonyl (C=O) groups excluding carboxylic acids is 2. The van der Waals surface area contributed by atoms with Gasteiger partial charge in [-0.15, -0.1) is 0 Å². The Bertz CT molecular complexity index is 1250. The number of nitrogens with zero attached hydrogens (tertiary/aromatic N) is 2. The van der Waals surface area contributed by atoms with Crippen LogP contribution in [0.5, 0.6) is 0 Å². The predicted octanol–water partition coefficient (Wildman–Crippen LogP) is 4.20. The second-order valence-electron chi connectivity index (χ2n) is 8.03. The van der Waals surface area contributed by atoms with Crippen LogP contribution in [-0.2, 0) is 17.8 Å². The van der Waals surface area contributed by atoms with Crippen molar-refractivity contribution >= 4 is 23.3 Å². The number of amides is 1. The van der Waals surface area contributed by atoms with Crippen LogP contribution >= 0.6 is 11.6 Å². The van der Waals surface area contributed by atoms with Gasteiger partial charge in [-0.2, -0.15) is 0 Å². The van der Waals surface area contributed by atoms with Crippen LogP contribution in [-0.4, -0.2) is 34.2 Å². The molecular formula is C25H21ClN2O3. The van der Waals surface area contributed by atoms with Gasteiger partial charge in [-0.1, -0.05) is 48.0 Å². The van der Waals surface area contributed by atoms with Gasteiger partial charge in [0.25, 0.3) is 11.5 Å². The van der Waals surface area contributed by atoms with Crippen molar-refractivity contribution in [3.8, 4) is 22.4 Å². The number of aromatic nitrogens is 1. The molecule has 0 radical (unpaired) electrons. The van der Waals surface area contributed by atoms with Crippen molar-refractivity contribution in [2.24, 2.45) is 0 Å². The smallest absolute Gasteiger partial charge is 0.258 e. The number of ketones is 1. The Balaban J connectivity index is 1.74. The maximum Gasteiger partial charge on any atom is 0.258 e. The minimum atomic E-state index is -0.152. The van der Waals surface area contributed by atoms with Crippen LogP contribution < -0.4 is 5.56 Å². The summed E-state index contributed by atoms with van der Waals surface area (Å²) in [6.07, 6.45) is 1.44. The fraction of sp³-hybridized carbons (Fsp3) is 0.240. The summed E-state index contributed by atoms with van der Waals surface area (Å²) in [5.41, 5.74) is 4.17. The molecule has 1 aromatic heterocycles. The summed E-state index contributed by atoms with van der Waals surface area (Å²) >= 11 is 6.29. The number of Topliss-reactive ketones (excluding diaryl/α,β-unsaturated/α-hetero) is 1. The van der Waals surface area contributed by atoms with Crippen LogP contribution in [0.25, 0.3) is 22.4 Å². The minimum Gasteiger partial charge on any atom is -0.338 e. The summed E-state index contributed by atoms with van der Waals surface area (Å²) in [5, 5.41) is 0.564. The lowest BCUT2D eigenvalue weighted by Crippen LogP contribution is -2.40. The monoisotopic (exact) mass is 432 g/mol. The molecule has 0 N–H and O–H groups in total. The number of halogens is 1. The van der Waals surface area contributed by atoms with Crippen molar-refractivity contribution in [2.45, 2.75) is 25.8 Å². The van der Waals surface area contributed by atoms with Crippen LogP contribution in [0.15, 0.2) is 59.4 Å². The second kappa shape index (κ2) is 7.82. The molecule has 1 saturated heterocycles. The molecule has 2 aliphatic rings. The molecule has 0 atom stereocenters. The summed E-state index contributed by atoms with van der Waals surface area (Å²) in [7, 11) is 0. The van der Waals surface area contributed by atoms with Crippen LogP contribution in [0.3, 0.4) is 0 Å². The molecule has 2 aliphatic heterocycles. The van der Waals surface area contributed by atoms with Gasteiger partial charge < -0.3 is 9.47 Å². The van der Waals surface area contributed by atoms with Crippen molar-refractivity contribution in [3.05, 3.63) is 81.1 Å². The van der Waals surface area contributed by atoms with E-state index < -0.39 is 0 Å². The van der Waals surface area contributed by atoms with Crippen molar-refractivity contribution in [3.63, 3.8) is 0 Å². The van der Waals surface area contributed by atoms with E-state index in [4.69, 9.17) is 11.6 Å². The maximum absolute atomic E-state index is 13.6. The summed E-state index contributed by atoms with van der Waals surface area (Å²) in [4.78, 5) is 40.5. The quantitative estimate of drug-likeness (QED) is 0.609. The second-order valence-corrected chi connectivity index (χ2v) is 8.46. The Morgan fingerprint density at radius 1 is 0.839 bits per heavy atom. The van der Waals surface area contributed by atoms with E-state index in [9.17, 15) is 14.4 Å². The van der Waals surface area contributed by atoms with E-state index in [1.807, 2.05) is 48.5 Å². The van der Waals surface area contributed by atoms with E-state index in [2.05, 4.69) is 0 Å². The van der Waals surface area contributed by atoms with Gasteiger partial charge in [-0.25, -0.2) is 0 Å². The van der Waals surface area contributed by atoms with Gasteiger partial charge in [0.05, 0.1) is 11.3 Å². The zero-order valence-electron chi connectivity index (χ0n) is 16.9. The normalized spacial score (nSPS) is 15.4. The molecule has 5 nitrogen and oxygen atoms in total. The van der Waals surface area contributed by atoms with Gasteiger partial charge in [0.2, 0.25) is 0 Å². The van der Waals surface area contributed by atoms with Crippen LogP contribution in [0.4, 0.5) is 0 Å². The Kier molecular flexibility index (Phi) is 4.98. The third-order valence-corrected chi connectivity index (χ3v) is 6.38. The van der Waals surface area contributed by atoms with Crippen LogP contribution in [0, 0.1) is 0 Å². The molecule has 31 heavy (non-hydrogen) atoms. The number of fused-ring (bicyclic) bond motifs is 3. The number of carbonyl (C=O) groups is 2. The van der Waals surface area contributed by atoms with Crippen molar-refractivity contribution in [1.29, 1.82) is 0 Å². The highest BCUT2D eigenvalue weighted by atomic mass is 35.5. The lowest BCUT2D eigenvalue weighted by molar-refractivity contribution is -0.120. The Morgan fingerprint density at radius 3 is 2.32 bits per heavy atom. The number of hydrogen-bond donors (Lipinski definition) is 0. The van der Waals surface area contributed by atoms with Crippen LogP contribution in [0.2, 0.25) is 5.02 Å². The molecule has 5 rings (SSSR count). The fourth-order valence-corrected chi connectivity index (χ4v) is 4.68. The molecular weight excluding hydrogens is 412 g/mol. The molecule has 1 amide bonds. The average Bonchev–Trinajstić information content (AvgIpc) is 2.80. The molecule has 0 aliphatic carbocycles. The van der Waals surface area contributed by atoms with Gasteiger partial charge in [-0.05, 0) is 35.7 Å². The van der Waals surface area contributed by atoms with E-state index in [-0.39, 0.29) is 17.2 Å². The Labute approximate surface area is 184 Å². The lowest BCUT2D eigenvalue weighted by atomic mass is 9.91. The largest absolute Gasteiger partial charge is 0.338 e. The van der Waals surface area contributed by atoms with E-state index >= 15 is 0 Å². The number of hydrogen-bond acceptors (Lipinski definition) is 3. The van der Waals surface area contributed by atoms with Gasteiger partial charge in [0.1, 0.15) is 5.78 Å². The molecule has 0 spiro atoms. The van der Waals surface area contributed by atoms with Gasteiger partial charge in [0.15, 0.2) is 0 Å². The molecule has 156 valence electrons. The SMILES string of the molecule is O=C1CCN(C(=O)c2cc(-c3ccccc3)c(=O)n3c2-c2cc(Cl)ccc2CC3)CC1. The highest BCUT2D eigenvalue weighted by molar-refractivity contribution is 6.31. The topological polar surface area (TPSA) is 59.4 Å². The Hall–Kier alpha value is -3.18. The minimum absolute atomic E-state index is 0.114. The summed E-state index contributed by atoms with van der Waals surface area (Å²) in [6, 6.07) is 16.8. The summed E-state index contributed by atoms with van der Waals surface area (Å²) < 4.78 is 1.71. The molecule has 0 bridgehead atoms. The predicted molar refractivity (Wildman–Crippen MR) is 120 cm³/mol.